The molecule has 0 N–H and O–H groups in total. The Morgan fingerprint density at radius 3 is 2.68 bits per heavy atom. The molecule has 0 radical (unpaired) electrons. The van der Waals surface area contributed by atoms with Crippen LogP contribution in [-0.4, -0.2) is 60.3 Å². The summed E-state index contributed by atoms with van der Waals surface area (Å²) in [7, 11) is -0.547. The second-order valence-electron chi connectivity index (χ2n) is 7.59. The Hall–Kier alpha value is -1.81. The summed E-state index contributed by atoms with van der Waals surface area (Å²) in [4.78, 5) is 19.4. The van der Waals surface area contributed by atoms with Gasteiger partial charge in [-0.05, 0) is 30.7 Å². The molecule has 9 heteroatoms. The first-order chi connectivity index (χ1) is 14.7. The van der Waals surface area contributed by atoms with Gasteiger partial charge in [-0.1, -0.05) is 54.6 Å². The highest BCUT2D eigenvalue weighted by molar-refractivity contribution is 8.14. The number of sulfonamides is 1. The number of hydrogen-bond acceptors (Lipinski definition) is 6. The van der Waals surface area contributed by atoms with E-state index in [0.717, 1.165) is 5.75 Å². The number of hydrogen-bond donors (Lipinski definition) is 0. The van der Waals surface area contributed by atoms with Crippen molar-refractivity contribution in [3.8, 4) is 0 Å². The molecule has 166 valence electrons. The topological polar surface area (TPSA) is 70.0 Å². The summed E-state index contributed by atoms with van der Waals surface area (Å²) in [6.45, 7) is 4.72. The van der Waals surface area contributed by atoms with Crippen LogP contribution >= 0.6 is 23.5 Å². The van der Waals surface area contributed by atoms with Gasteiger partial charge in [0.2, 0.25) is 15.9 Å². The van der Waals surface area contributed by atoms with Gasteiger partial charge in [0.25, 0.3) is 0 Å². The molecule has 0 bridgehead atoms. The maximum atomic E-state index is 12.9. The van der Waals surface area contributed by atoms with E-state index in [1.54, 1.807) is 40.9 Å². The average Bonchev–Trinajstić information content (AvgIpc) is 3.08. The first-order valence-electron chi connectivity index (χ1n) is 9.88. The fourth-order valence-corrected chi connectivity index (χ4v) is 5.92. The molecule has 2 aromatic rings. The number of benzene rings is 2. The first kappa shape index (κ1) is 23.8. The highest BCUT2D eigenvalue weighted by Gasteiger charge is 2.30. The first-order valence-corrected chi connectivity index (χ1v) is 13.4. The van der Waals surface area contributed by atoms with E-state index in [9.17, 15) is 13.2 Å². The van der Waals surface area contributed by atoms with Crippen LogP contribution in [0.15, 0.2) is 58.4 Å². The smallest absolute Gasteiger partial charge is 0.242 e. The predicted molar refractivity (Wildman–Crippen MR) is 131 cm³/mol. The van der Waals surface area contributed by atoms with Gasteiger partial charge in [-0.3, -0.25) is 9.69 Å². The van der Waals surface area contributed by atoms with Gasteiger partial charge in [-0.15, -0.1) is 11.8 Å². The molecule has 0 aliphatic carbocycles. The zero-order valence-corrected chi connectivity index (χ0v) is 20.6. The van der Waals surface area contributed by atoms with Gasteiger partial charge >= 0.3 is 0 Å². The van der Waals surface area contributed by atoms with E-state index < -0.39 is 10.0 Å². The SMILES string of the molecule is Cc1cccc(CSCC(=O)N2CC(C)SC2=Nc2cccc(S(=O)(=O)N(C)C)c2)c1. The van der Waals surface area contributed by atoms with Crippen molar-refractivity contribution in [1.82, 2.24) is 9.21 Å². The molecule has 1 fully saturated rings. The van der Waals surface area contributed by atoms with Crippen LogP contribution in [0.2, 0.25) is 0 Å². The Balaban J connectivity index is 1.72. The summed E-state index contributed by atoms with van der Waals surface area (Å²) in [5.74, 6) is 1.17. The van der Waals surface area contributed by atoms with Gasteiger partial charge in [-0.2, -0.15) is 0 Å². The van der Waals surface area contributed by atoms with Crippen molar-refractivity contribution in [3.63, 3.8) is 0 Å². The summed E-state index contributed by atoms with van der Waals surface area (Å²) < 4.78 is 26.0. The number of carbonyl (C=O) groups is 1. The Bertz CT molecular complexity index is 1080. The minimum absolute atomic E-state index is 0.0188. The maximum Gasteiger partial charge on any atom is 0.242 e. The van der Waals surface area contributed by atoms with Crippen LogP contribution in [0.3, 0.4) is 0 Å². The Morgan fingerprint density at radius 1 is 1.23 bits per heavy atom. The normalized spacial score (nSPS) is 18.2. The third kappa shape index (κ3) is 6.12. The van der Waals surface area contributed by atoms with Crippen molar-refractivity contribution in [2.24, 2.45) is 4.99 Å². The van der Waals surface area contributed by atoms with E-state index in [1.165, 1.54) is 41.3 Å². The molecular weight excluding hydrogens is 450 g/mol. The van der Waals surface area contributed by atoms with Gasteiger partial charge in [0.05, 0.1) is 16.3 Å². The van der Waals surface area contributed by atoms with E-state index in [2.05, 4.69) is 37.0 Å². The van der Waals surface area contributed by atoms with Gasteiger partial charge in [0.15, 0.2) is 5.17 Å². The second kappa shape index (κ2) is 10.2. The Labute approximate surface area is 193 Å². The molecular formula is C22H27N3O3S3. The summed E-state index contributed by atoms with van der Waals surface area (Å²) in [5.41, 5.74) is 2.93. The van der Waals surface area contributed by atoms with Crippen LogP contribution in [-0.2, 0) is 20.6 Å². The third-order valence-corrected chi connectivity index (χ3v) is 8.55. The number of nitrogens with zero attached hydrogens (tertiary/aromatic N) is 3. The molecule has 1 heterocycles. The molecule has 0 saturated carbocycles. The lowest BCUT2D eigenvalue weighted by Gasteiger charge is -2.16. The Kier molecular flexibility index (Phi) is 7.85. The summed E-state index contributed by atoms with van der Waals surface area (Å²) in [6, 6.07) is 14.8. The van der Waals surface area contributed by atoms with Gasteiger partial charge < -0.3 is 0 Å². The van der Waals surface area contributed by atoms with Crippen LogP contribution in [0, 0.1) is 6.92 Å². The summed E-state index contributed by atoms with van der Waals surface area (Å²) in [6.07, 6.45) is 0. The fraction of sp³-hybridized carbons (Fsp3) is 0.364. The number of thioether (sulfide) groups is 2. The van der Waals surface area contributed by atoms with E-state index in [4.69, 9.17) is 0 Å². The summed E-state index contributed by atoms with van der Waals surface area (Å²) in [5, 5.41) is 0.853. The number of rotatable bonds is 7. The van der Waals surface area contributed by atoms with Crippen molar-refractivity contribution in [2.75, 3.05) is 26.4 Å². The largest absolute Gasteiger partial charge is 0.289 e. The van der Waals surface area contributed by atoms with Crippen molar-refractivity contribution in [1.29, 1.82) is 0 Å². The number of aliphatic imine (C=N–C) groups is 1. The quantitative estimate of drug-likeness (QED) is 0.600. The van der Waals surface area contributed by atoms with Crippen LogP contribution in [0.1, 0.15) is 18.1 Å². The number of amidine groups is 1. The molecule has 1 saturated heterocycles. The maximum absolute atomic E-state index is 12.9. The number of carbonyl (C=O) groups excluding carboxylic acids is 1. The molecule has 0 spiro atoms. The van der Waals surface area contributed by atoms with E-state index in [0.29, 0.717) is 23.2 Å². The second-order valence-corrected chi connectivity index (χ2v) is 12.1. The van der Waals surface area contributed by atoms with E-state index >= 15 is 0 Å². The van der Waals surface area contributed by atoms with Gasteiger partial charge in [-0.25, -0.2) is 17.7 Å². The monoisotopic (exact) mass is 477 g/mol. The van der Waals surface area contributed by atoms with Crippen LogP contribution in [0.5, 0.6) is 0 Å². The molecule has 31 heavy (non-hydrogen) atoms. The third-order valence-electron chi connectivity index (χ3n) is 4.68. The molecule has 6 nitrogen and oxygen atoms in total. The number of amides is 1. The lowest BCUT2D eigenvalue weighted by Crippen LogP contribution is -2.33. The number of aryl methyl sites for hydroxylation is 1. The van der Waals surface area contributed by atoms with Gasteiger partial charge in [0.1, 0.15) is 0 Å². The minimum atomic E-state index is -3.54. The van der Waals surface area contributed by atoms with Crippen molar-refractivity contribution >= 4 is 50.3 Å². The molecule has 3 rings (SSSR count). The van der Waals surface area contributed by atoms with Crippen LogP contribution < -0.4 is 0 Å². The van der Waals surface area contributed by atoms with E-state index in [-0.39, 0.29) is 16.1 Å². The minimum Gasteiger partial charge on any atom is -0.289 e. The standard InChI is InChI=1S/C22H27N3O3S3/c1-16-7-5-8-18(11-16)14-29-15-21(26)25-13-17(2)30-22(25)23-19-9-6-10-20(12-19)31(27,28)24(3)4/h5-12,17H,13-15H2,1-4H3. The van der Waals surface area contributed by atoms with E-state index in [1.807, 2.05) is 6.07 Å². The molecule has 1 atom stereocenters. The molecule has 0 aromatic heterocycles. The molecule has 1 aliphatic heterocycles. The molecule has 2 aromatic carbocycles. The van der Waals surface area contributed by atoms with Gasteiger partial charge in [0, 0.05) is 31.6 Å². The predicted octanol–water partition coefficient (Wildman–Crippen LogP) is 4.13. The lowest BCUT2D eigenvalue weighted by molar-refractivity contribution is -0.124. The van der Waals surface area contributed by atoms with Crippen molar-refractivity contribution in [2.45, 2.75) is 29.7 Å². The fourth-order valence-electron chi connectivity index (χ4n) is 3.08. The van der Waals surface area contributed by atoms with Crippen molar-refractivity contribution in [3.05, 3.63) is 59.7 Å². The molecule has 1 aliphatic rings. The zero-order chi connectivity index (χ0) is 22.6. The highest BCUT2D eigenvalue weighted by atomic mass is 32.2. The summed E-state index contributed by atoms with van der Waals surface area (Å²) >= 11 is 3.12. The van der Waals surface area contributed by atoms with Crippen LogP contribution in [0.4, 0.5) is 5.69 Å². The lowest BCUT2D eigenvalue weighted by atomic mass is 10.2. The van der Waals surface area contributed by atoms with Crippen LogP contribution in [0.25, 0.3) is 0 Å². The Morgan fingerprint density at radius 2 is 1.97 bits per heavy atom. The highest BCUT2D eigenvalue weighted by Crippen LogP contribution is 2.30. The molecule has 1 amide bonds. The van der Waals surface area contributed by atoms with Crippen molar-refractivity contribution < 1.29 is 13.2 Å². The average molecular weight is 478 g/mol. The zero-order valence-electron chi connectivity index (χ0n) is 18.1. The molecule has 1 unspecified atom stereocenters.